The first-order chi connectivity index (χ1) is 13.3. The van der Waals surface area contributed by atoms with Crippen LogP contribution < -0.4 is 5.32 Å². The Morgan fingerprint density at radius 1 is 1.15 bits per heavy atom. The number of hydrogen-bond donors (Lipinski definition) is 1. The molecular weight excluding hydrogens is 342 g/mol. The van der Waals surface area contributed by atoms with Gasteiger partial charge in [0.1, 0.15) is 5.69 Å². The van der Waals surface area contributed by atoms with Crippen molar-refractivity contribution in [3.63, 3.8) is 0 Å². The Kier molecular flexibility index (Phi) is 5.15. The summed E-state index contributed by atoms with van der Waals surface area (Å²) >= 11 is 0. The van der Waals surface area contributed by atoms with Crippen molar-refractivity contribution < 1.29 is 4.79 Å². The molecule has 8 nitrogen and oxygen atoms in total. The molecule has 1 atom stereocenters. The monoisotopic (exact) mass is 363 g/mol. The zero-order valence-corrected chi connectivity index (χ0v) is 14.9. The van der Waals surface area contributed by atoms with E-state index in [1.807, 2.05) is 30.6 Å². The van der Waals surface area contributed by atoms with E-state index in [0.29, 0.717) is 12.2 Å². The van der Waals surface area contributed by atoms with Crippen LogP contribution in [-0.4, -0.2) is 48.6 Å². The summed E-state index contributed by atoms with van der Waals surface area (Å²) in [6.45, 7) is 3.07. The van der Waals surface area contributed by atoms with E-state index in [9.17, 15) is 4.79 Å². The lowest BCUT2D eigenvalue weighted by Gasteiger charge is -2.33. The molecule has 8 heteroatoms. The summed E-state index contributed by atoms with van der Waals surface area (Å²) in [5.74, 6) is -0.204. The van der Waals surface area contributed by atoms with Crippen molar-refractivity contribution in [1.29, 1.82) is 0 Å². The van der Waals surface area contributed by atoms with E-state index in [4.69, 9.17) is 0 Å². The van der Waals surface area contributed by atoms with Gasteiger partial charge >= 0.3 is 0 Å². The predicted molar refractivity (Wildman–Crippen MR) is 98.6 cm³/mol. The molecule has 3 aromatic heterocycles. The first kappa shape index (κ1) is 17.3. The molecule has 0 radical (unpaired) electrons. The minimum absolute atomic E-state index is 0.203. The van der Waals surface area contributed by atoms with Gasteiger partial charge in [0.2, 0.25) is 0 Å². The highest BCUT2D eigenvalue weighted by Crippen LogP contribution is 2.23. The number of rotatable bonds is 6. The number of carbonyl (C=O) groups excluding carboxylic acids is 1. The van der Waals surface area contributed by atoms with E-state index in [1.54, 1.807) is 6.20 Å². The van der Waals surface area contributed by atoms with Crippen molar-refractivity contribution in [2.45, 2.75) is 25.6 Å². The fraction of sp³-hybridized carbons (Fsp3) is 0.316. The smallest absolute Gasteiger partial charge is 0.271 e. The van der Waals surface area contributed by atoms with Crippen molar-refractivity contribution in [1.82, 2.24) is 34.9 Å². The Bertz CT molecular complexity index is 881. The summed E-state index contributed by atoms with van der Waals surface area (Å²) in [5.41, 5.74) is 2.57. The van der Waals surface area contributed by atoms with E-state index in [-0.39, 0.29) is 11.9 Å². The van der Waals surface area contributed by atoms with Gasteiger partial charge in [-0.05, 0) is 24.6 Å². The van der Waals surface area contributed by atoms with Crippen LogP contribution in [0.5, 0.6) is 0 Å². The second-order valence-electron chi connectivity index (χ2n) is 6.55. The second kappa shape index (κ2) is 8.05. The van der Waals surface area contributed by atoms with Crippen molar-refractivity contribution in [3.8, 4) is 0 Å². The molecule has 0 fully saturated rings. The highest BCUT2D eigenvalue weighted by molar-refractivity contribution is 5.91. The maximum absolute atomic E-state index is 12.1. The molecule has 1 amide bonds. The van der Waals surface area contributed by atoms with Gasteiger partial charge in [-0.15, -0.1) is 0 Å². The fourth-order valence-electron chi connectivity index (χ4n) is 3.38. The van der Waals surface area contributed by atoms with Gasteiger partial charge in [-0.1, -0.05) is 6.07 Å². The third kappa shape index (κ3) is 4.17. The Labute approximate surface area is 157 Å². The maximum atomic E-state index is 12.1. The molecule has 0 bridgehead atoms. The minimum Gasteiger partial charge on any atom is -0.351 e. The lowest BCUT2D eigenvalue weighted by atomic mass is 10.1. The number of nitrogens with zero attached hydrogens (tertiary/aromatic N) is 6. The van der Waals surface area contributed by atoms with Crippen LogP contribution in [0.25, 0.3) is 0 Å². The molecule has 3 aromatic rings. The predicted octanol–water partition coefficient (Wildman–Crippen LogP) is 1.45. The summed E-state index contributed by atoms with van der Waals surface area (Å²) in [6, 6.07) is 8.24. The molecule has 138 valence electrons. The number of hydrogen-bond acceptors (Lipinski definition) is 6. The van der Waals surface area contributed by atoms with Crippen LogP contribution in [0.3, 0.4) is 0 Å². The lowest BCUT2D eigenvalue weighted by molar-refractivity contribution is 0.0941. The van der Waals surface area contributed by atoms with Gasteiger partial charge in [-0.25, -0.2) is 4.98 Å². The van der Waals surface area contributed by atoms with Crippen LogP contribution in [0.1, 0.15) is 34.3 Å². The normalized spacial score (nSPS) is 16.7. The SMILES string of the molecule is O=C(NCCC1CN(Cc2ccccn2)Cc2ccnn21)c1cnccn1. The molecule has 1 aliphatic heterocycles. The first-order valence-electron chi connectivity index (χ1n) is 8.98. The molecule has 0 saturated carbocycles. The summed E-state index contributed by atoms with van der Waals surface area (Å²) < 4.78 is 2.07. The first-order valence-corrected chi connectivity index (χ1v) is 8.98. The lowest BCUT2D eigenvalue weighted by Crippen LogP contribution is -2.39. The van der Waals surface area contributed by atoms with Crippen molar-refractivity contribution in [2.24, 2.45) is 0 Å². The fourth-order valence-corrected chi connectivity index (χ4v) is 3.38. The van der Waals surface area contributed by atoms with E-state index in [0.717, 1.165) is 31.7 Å². The molecule has 4 rings (SSSR count). The zero-order chi connectivity index (χ0) is 18.5. The average molecular weight is 363 g/mol. The number of nitrogens with one attached hydrogen (secondary N) is 1. The van der Waals surface area contributed by atoms with E-state index < -0.39 is 0 Å². The highest BCUT2D eigenvalue weighted by atomic mass is 16.1. The molecular formula is C19H21N7O. The van der Waals surface area contributed by atoms with E-state index in [1.165, 1.54) is 18.1 Å². The van der Waals surface area contributed by atoms with Gasteiger partial charge in [-0.3, -0.25) is 24.3 Å². The van der Waals surface area contributed by atoms with Crippen molar-refractivity contribution in [3.05, 3.63) is 72.3 Å². The number of carbonyl (C=O) groups is 1. The van der Waals surface area contributed by atoms with Crippen LogP contribution in [0, 0.1) is 0 Å². The maximum Gasteiger partial charge on any atom is 0.271 e. The Morgan fingerprint density at radius 2 is 2.11 bits per heavy atom. The zero-order valence-electron chi connectivity index (χ0n) is 14.9. The largest absolute Gasteiger partial charge is 0.351 e. The van der Waals surface area contributed by atoms with Gasteiger partial charge in [-0.2, -0.15) is 5.10 Å². The summed E-state index contributed by atoms with van der Waals surface area (Å²) in [5, 5.41) is 7.40. The second-order valence-corrected chi connectivity index (χ2v) is 6.55. The van der Waals surface area contributed by atoms with Gasteiger partial charge in [0, 0.05) is 51.0 Å². The topological polar surface area (TPSA) is 88.8 Å². The number of aromatic nitrogens is 5. The summed E-state index contributed by atoms with van der Waals surface area (Å²) in [6.07, 6.45) is 8.99. The molecule has 0 aliphatic carbocycles. The molecule has 27 heavy (non-hydrogen) atoms. The third-order valence-corrected chi connectivity index (χ3v) is 4.62. The number of amides is 1. The molecule has 1 unspecified atom stereocenters. The molecule has 0 saturated heterocycles. The van der Waals surface area contributed by atoms with Crippen molar-refractivity contribution in [2.75, 3.05) is 13.1 Å². The Balaban J connectivity index is 1.37. The molecule has 0 aromatic carbocycles. The van der Waals surface area contributed by atoms with Crippen molar-refractivity contribution >= 4 is 5.91 Å². The molecule has 0 spiro atoms. The number of fused-ring (bicyclic) bond motifs is 1. The van der Waals surface area contributed by atoms with Crippen LogP contribution in [0.2, 0.25) is 0 Å². The molecule has 1 aliphatic rings. The van der Waals surface area contributed by atoms with Crippen LogP contribution in [0.4, 0.5) is 0 Å². The summed E-state index contributed by atoms with van der Waals surface area (Å²) in [7, 11) is 0. The molecule has 4 heterocycles. The molecule has 1 N–H and O–H groups in total. The van der Waals surface area contributed by atoms with Gasteiger partial charge in [0.25, 0.3) is 5.91 Å². The van der Waals surface area contributed by atoms with Gasteiger partial charge in [0.15, 0.2) is 0 Å². The number of pyridine rings is 1. The van der Waals surface area contributed by atoms with E-state index >= 15 is 0 Å². The van der Waals surface area contributed by atoms with E-state index in [2.05, 4.69) is 41.0 Å². The van der Waals surface area contributed by atoms with Crippen LogP contribution in [0.15, 0.2) is 55.2 Å². The summed E-state index contributed by atoms with van der Waals surface area (Å²) in [4.78, 5) is 26.9. The van der Waals surface area contributed by atoms with Gasteiger partial charge < -0.3 is 5.32 Å². The Morgan fingerprint density at radius 3 is 2.93 bits per heavy atom. The van der Waals surface area contributed by atoms with Crippen LogP contribution >= 0.6 is 0 Å². The quantitative estimate of drug-likeness (QED) is 0.713. The standard InChI is InChI=1S/C19H21N7O/c27-19(18-11-20-9-10-22-18)23-7-4-16-13-25(12-15-3-1-2-6-21-15)14-17-5-8-24-26(16)17/h1-3,5-6,8-11,16H,4,7,12-14H2,(H,23,27). The average Bonchev–Trinajstić information content (AvgIpc) is 3.18. The third-order valence-electron chi connectivity index (χ3n) is 4.62. The van der Waals surface area contributed by atoms with Gasteiger partial charge in [0.05, 0.1) is 23.6 Å². The van der Waals surface area contributed by atoms with Crippen LogP contribution in [-0.2, 0) is 13.1 Å². The highest BCUT2D eigenvalue weighted by Gasteiger charge is 2.25. The minimum atomic E-state index is -0.204. The Hall–Kier alpha value is -3.13.